The zero-order valence-electron chi connectivity index (χ0n) is 18.7. The first-order valence-corrected chi connectivity index (χ1v) is 11.3. The van der Waals surface area contributed by atoms with E-state index in [2.05, 4.69) is 20.2 Å². The number of carbonyl (C=O) groups is 1. The lowest BCUT2D eigenvalue weighted by atomic mass is 10.1. The van der Waals surface area contributed by atoms with Gasteiger partial charge < -0.3 is 19.4 Å². The van der Waals surface area contributed by atoms with E-state index in [-0.39, 0.29) is 11.7 Å². The molecule has 0 unspecified atom stereocenters. The van der Waals surface area contributed by atoms with Crippen LogP contribution in [0, 0.1) is 0 Å². The first-order valence-electron chi connectivity index (χ1n) is 11.3. The third-order valence-corrected chi connectivity index (χ3v) is 6.67. The van der Waals surface area contributed by atoms with Crippen molar-refractivity contribution in [2.75, 3.05) is 43.5 Å². The third-order valence-electron chi connectivity index (χ3n) is 6.67. The lowest BCUT2D eigenvalue weighted by molar-refractivity contribution is 0.0998. The van der Waals surface area contributed by atoms with Gasteiger partial charge in [0.2, 0.25) is 0 Å². The number of ether oxygens (including phenoxy) is 1. The molecule has 170 valence electrons. The molecule has 1 aromatic carbocycles. The quantitative estimate of drug-likeness (QED) is 0.503. The number of hydrogen-bond donors (Lipinski definition) is 1. The summed E-state index contributed by atoms with van der Waals surface area (Å²) in [7, 11) is 3.42. The Morgan fingerprint density at radius 1 is 1.18 bits per heavy atom. The highest BCUT2D eigenvalue weighted by Crippen LogP contribution is 2.31. The van der Waals surface area contributed by atoms with Crippen LogP contribution in [0.3, 0.4) is 0 Å². The van der Waals surface area contributed by atoms with Crippen LogP contribution in [0.2, 0.25) is 0 Å². The van der Waals surface area contributed by atoms with Gasteiger partial charge in [0, 0.05) is 49.9 Å². The second kappa shape index (κ2) is 7.77. The van der Waals surface area contributed by atoms with E-state index in [9.17, 15) is 4.79 Å². The molecule has 5 heterocycles. The van der Waals surface area contributed by atoms with Crippen molar-refractivity contribution in [3.05, 3.63) is 42.3 Å². The van der Waals surface area contributed by atoms with Crippen LogP contribution < -0.4 is 15.0 Å². The minimum atomic E-state index is -0.352. The summed E-state index contributed by atoms with van der Waals surface area (Å²) in [5, 5.41) is 8.19. The molecule has 1 N–H and O–H groups in total. The number of methoxy groups -OCH3 is 1. The standard InChI is InChI=1S/C24H26N6O3/c1-28-13-15-10-18(21(32-2)11-17(15)27-28)26-24(31)22-12-19-20(33-22)4-5-23(25-19)30-9-6-16(14-30)29-7-3-8-29/h4-5,10-13,16H,3,6-9,14H2,1-2H3,(H,26,31)/t16-/m0/s1. The predicted octanol–water partition coefficient (Wildman–Crippen LogP) is 3.26. The number of rotatable bonds is 5. The summed E-state index contributed by atoms with van der Waals surface area (Å²) in [4.78, 5) is 22.6. The number of likely N-dealkylation sites (tertiary alicyclic amines) is 1. The van der Waals surface area contributed by atoms with E-state index in [1.165, 1.54) is 25.9 Å². The summed E-state index contributed by atoms with van der Waals surface area (Å²) in [6, 6.07) is 9.85. The largest absolute Gasteiger partial charge is 0.494 e. The molecule has 6 rings (SSSR count). The van der Waals surface area contributed by atoms with E-state index in [4.69, 9.17) is 14.1 Å². The molecular weight excluding hydrogens is 420 g/mol. The minimum absolute atomic E-state index is 0.211. The predicted molar refractivity (Wildman–Crippen MR) is 126 cm³/mol. The van der Waals surface area contributed by atoms with Crippen LogP contribution in [0.15, 0.2) is 40.9 Å². The van der Waals surface area contributed by atoms with E-state index in [0.717, 1.165) is 29.8 Å². The number of aryl methyl sites for hydroxylation is 1. The van der Waals surface area contributed by atoms with Gasteiger partial charge in [0.15, 0.2) is 11.3 Å². The van der Waals surface area contributed by atoms with Crippen molar-refractivity contribution in [3.8, 4) is 5.75 Å². The smallest absolute Gasteiger partial charge is 0.291 e. The topological polar surface area (TPSA) is 88.7 Å². The third kappa shape index (κ3) is 3.58. The van der Waals surface area contributed by atoms with Gasteiger partial charge in [-0.2, -0.15) is 5.10 Å². The lowest BCUT2D eigenvalue weighted by Gasteiger charge is -2.36. The summed E-state index contributed by atoms with van der Waals surface area (Å²) < 4.78 is 13.0. The van der Waals surface area contributed by atoms with Crippen LogP contribution in [0.1, 0.15) is 23.4 Å². The molecule has 0 spiro atoms. The fourth-order valence-corrected chi connectivity index (χ4v) is 4.78. The molecule has 0 radical (unpaired) electrons. The molecule has 0 saturated carbocycles. The van der Waals surface area contributed by atoms with Gasteiger partial charge in [-0.3, -0.25) is 14.4 Å². The Kier molecular flexibility index (Phi) is 4.72. The summed E-state index contributed by atoms with van der Waals surface area (Å²) in [6.45, 7) is 4.43. The first-order chi connectivity index (χ1) is 16.1. The van der Waals surface area contributed by atoms with Crippen molar-refractivity contribution in [2.45, 2.75) is 18.9 Å². The van der Waals surface area contributed by atoms with E-state index in [1.54, 1.807) is 23.9 Å². The van der Waals surface area contributed by atoms with Crippen molar-refractivity contribution in [3.63, 3.8) is 0 Å². The molecule has 4 aromatic rings. The van der Waals surface area contributed by atoms with Crippen LogP contribution in [-0.4, -0.2) is 64.9 Å². The second-order valence-electron chi connectivity index (χ2n) is 8.81. The van der Waals surface area contributed by atoms with E-state index < -0.39 is 0 Å². The highest BCUT2D eigenvalue weighted by atomic mass is 16.5. The Labute approximate surface area is 190 Å². The Hall–Kier alpha value is -3.59. The number of carbonyl (C=O) groups excluding carboxylic acids is 1. The molecule has 1 amide bonds. The number of nitrogens with one attached hydrogen (secondary N) is 1. The summed E-state index contributed by atoms with van der Waals surface area (Å²) >= 11 is 0. The maximum absolute atomic E-state index is 13.0. The molecule has 2 saturated heterocycles. The fraction of sp³-hybridized carbons (Fsp3) is 0.375. The van der Waals surface area contributed by atoms with Crippen molar-refractivity contribution >= 4 is 39.4 Å². The molecule has 2 aliphatic rings. The average molecular weight is 447 g/mol. The number of benzene rings is 1. The van der Waals surface area contributed by atoms with Crippen LogP contribution in [0.4, 0.5) is 11.5 Å². The van der Waals surface area contributed by atoms with Gasteiger partial charge in [0.1, 0.15) is 17.1 Å². The number of anilines is 2. The summed E-state index contributed by atoms with van der Waals surface area (Å²) in [6.07, 6.45) is 4.37. The highest BCUT2D eigenvalue weighted by molar-refractivity contribution is 6.06. The molecule has 9 nitrogen and oxygen atoms in total. The summed E-state index contributed by atoms with van der Waals surface area (Å²) in [5.74, 6) is 1.33. The maximum atomic E-state index is 13.0. The van der Waals surface area contributed by atoms with E-state index >= 15 is 0 Å². The monoisotopic (exact) mass is 446 g/mol. The number of hydrogen-bond acceptors (Lipinski definition) is 7. The van der Waals surface area contributed by atoms with Crippen LogP contribution in [0.25, 0.3) is 22.0 Å². The molecule has 1 atom stereocenters. The van der Waals surface area contributed by atoms with Gasteiger partial charge in [-0.25, -0.2) is 4.98 Å². The molecular formula is C24H26N6O3. The second-order valence-corrected chi connectivity index (χ2v) is 8.81. The van der Waals surface area contributed by atoms with Crippen molar-refractivity contribution in [1.29, 1.82) is 0 Å². The number of aromatic nitrogens is 3. The molecule has 9 heteroatoms. The Balaban J connectivity index is 1.23. The van der Waals surface area contributed by atoms with Gasteiger partial charge in [0.25, 0.3) is 5.91 Å². The Bertz CT molecular complexity index is 1360. The van der Waals surface area contributed by atoms with Gasteiger partial charge >= 0.3 is 0 Å². The fourth-order valence-electron chi connectivity index (χ4n) is 4.78. The number of nitrogens with zero attached hydrogens (tertiary/aromatic N) is 5. The van der Waals surface area contributed by atoms with Crippen molar-refractivity contribution in [2.24, 2.45) is 7.05 Å². The van der Waals surface area contributed by atoms with Gasteiger partial charge in [-0.1, -0.05) is 0 Å². The van der Waals surface area contributed by atoms with Crippen LogP contribution >= 0.6 is 0 Å². The maximum Gasteiger partial charge on any atom is 0.291 e. The number of pyridine rings is 1. The zero-order chi connectivity index (χ0) is 22.5. The number of fused-ring (bicyclic) bond motifs is 2. The van der Waals surface area contributed by atoms with Crippen LogP contribution in [-0.2, 0) is 7.05 Å². The Morgan fingerprint density at radius 2 is 2.06 bits per heavy atom. The van der Waals surface area contributed by atoms with Crippen molar-refractivity contribution in [1.82, 2.24) is 19.7 Å². The normalized spacial score (nSPS) is 18.7. The molecule has 2 aliphatic heterocycles. The first kappa shape index (κ1) is 20.0. The minimum Gasteiger partial charge on any atom is -0.494 e. The highest BCUT2D eigenvalue weighted by Gasteiger charge is 2.31. The number of furan rings is 1. The molecule has 33 heavy (non-hydrogen) atoms. The van der Waals surface area contributed by atoms with Crippen LogP contribution in [0.5, 0.6) is 5.75 Å². The lowest BCUT2D eigenvalue weighted by Crippen LogP contribution is -2.46. The summed E-state index contributed by atoms with van der Waals surface area (Å²) in [5.41, 5.74) is 2.63. The van der Waals surface area contributed by atoms with Gasteiger partial charge in [-0.05, 0) is 44.1 Å². The zero-order valence-corrected chi connectivity index (χ0v) is 18.7. The van der Waals surface area contributed by atoms with Crippen molar-refractivity contribution < 1.29 is 13.9 Å². The Morgan fingerprint density at radius 3 is 2.85 bits per heavy atom. The number of amides is 1. The van der Waals surface area contributed by atoms with E-state index in [1.807, 2.05) is 31.4 Å². The van der Waals surface area contributed by atoms with Gasteiger partial charge in [0.05, 0.1) is 18.3 Å². The SMILES string of the molecule is COc1cc2nn(C)cc2cc1NC(=O)c1cc2nc(N3CC[C@H](N4CCC4)C3)ccc2o1. The van der Waals surface area contributed by atoms with E-state index in [0.29, 0.717) is 28.6 Å². The molecule has 0 aliphatic carbocycles. The molecule has 2 fully saturated rings. The van der Waals surface area contributed by atoms with Gasteiger partial charge in [-0.15, -0.1) is 0 Å². The molecule has 0 bridgehead atoms. The average Bonchev–Trinajstić information content (AvgIpc) is 3.48. The molecule has 3 aromatic heterocycles.